The molecule has 0 unspecified atom stereocenters. The molecule has 0 aromatic carbocycles. The van der Waals surface area contributed by atoms with Crippen LogP contribution in [0.2, 0.25) is 0 Å². The van der Waals surface area contributed by atoms with E-state index < -0.39 is 23.0 Å². The van der Waals surface area contributed by atoms with E-state index in [9.17, 15) is 18.0 Å². The monoisotopic (exact) mass is 291 g/mol. The van der Waals surface area contributed by atoms with Crippen molar-refractivity contribution in [2.75, 3.05) is 6.61 Å². The van der Waals surface area contributed by atoms with Crippen molar-refractivity contribution in [2.45, 2.75) is 36.8 Å². The van der Waals surface area contributed by atoms with Gasteiger partial charge in [0.25, 0.3) is 0 Å². The summed E-state index contributed by atoms with van der Waals surface area (Å²) in [4.78, 5) is 9.51. The van der Waals surface area contributed by atoms with Crippen LogP contribution >= 0.6 is 15.9 Å². The van der Waals surface area contributed by atoms with Crippen LogP contribution in [-0.2, 0) is 9.53 Å². The predicted molar refractivity (Wildman–Crippen MR) is 52.6 cm³/mol. The summed E-state index contributed by atoms with van der Waals surface area (Å²) in [5.74, 6) is -0.978. The van der Waals surface area contributed by atoms with Gasteiger partial charge in [-0.25, -0.2) is 0 Å². The molecule has 0 fully saturated rings. The minimum atomic E-state index is -4.61. The van der Waals surface area contributed by atoms with E-state index in [4.69, 9.17) is 5.73 Å². The molecule has 0 aromatic rings. The summed E-state index contributed by atoms with van der Waals surface area (Å²) in [6, 6.07) is -2.24. The van der Waals surface area contributed by atoms with Crippen LogP contribution in [0.25, 0.3) is 0 Å². The Hall–Kier alpha value is -0.300. The second kappa shape index (κ2) is 6.32. The first-order valence-electron chi connectivity index (χ1n) is 4.43. The van der Waals surface area contributed by atoms with E-state index in [0.29, 0.717) is 6.42 Å². The zero-order valence-corrected chi connectivity index (χ0v) is 9.77. The fourth-order valence-corrected chi connectivity index (χ4v) is 1.14. The van der Waals surface area contributed by atoms with Crippen molar-refractivity contribution in [3.63, 3.8) is 0 Å². The van der Waals surface area contributed by atoms with Crippen molar-refractivity contribution in [3.8, 4) is 0 Å². The number of halogens is 4. The molecule has 0 aliphatic carbocycles. The number of alkyl halides is 4. The highest BCUT2D eigenvalue weighted by molar-refractivity contribution is 9.10. The van der Waals surface area contributed by atoms with Crippen LogP contribution in [0.5, 0.6) is 0 Å². The zero-order chi connectivity index (χ0) is 12.1. The van der Waals surface area contributed by atoms with Crippen LogP contribution in [0.3, 0.4) is 0 Å². The molecule has 0 spiro atoms. The van der Waals surface area contributed by atoms with Gasteiger partial charge in [-0.05, 0) is 6.42 Å². The summed E-state index contributed by atoms with van der Waals surface area (Å²) in [6.07, 6.45) is -3.20. The number of rotatable bonds is 5. The highest BCUT2D eigenvalue weighted by atomic mass is 79.9. The fourth-order valence-electron chi connectivity index (χ4n) is 0.709. The average Bonchev–Trinajstić information content (AvgIpc) is 2.14. The number of carbonyl (C=O) groups excluding carboxylic acids is 1. The Morgan fingerprint density at radius 2 is 2.07 bits per heavy atom. The first-order valence-corrected chi connectivity index (χ1v) is 5.35. The lowest BCUT2D eigenvalue weighted by atomic mass is 10.2. The lowest BCUT2D eigenvalue weighted by Gasteiger charge is -2.19. The Balaban J connectivity index is 4.08. The highest BCUT2D eigenvalue weighted by Crippen LogP contribution is 2.24. The fraction of sp³-hybridized carbons (Fsp3) is 0.875. The summed E-state index contributed by atoms with van der Waals surface area (Å²) >= 11 is 2.58. The average molecular weight is 292 g/mol. The molecular weight excluding hydrogens is 279 g/mol. The molecule has 0 bridgehead atoms. The number of hydrogen-bond acceptors (Lipinski definition) is 3. The van der Waals surface area contributed by atoms with Crippen molar-refractivity contribution in [2.24, 2.45) is 5.73 Å². The molecule has 7 heteroatoms. The number of hydrogen-bond donors (Lipinski definition) is 1. The molecule has 3 nitrogen and oxygen atoms in total. The number of unbranched alkanes of at least 4 members (excludes halogenated alkanes) is 1. The van der Waals surface area contributed by atoms with Gasteiger partial charge in [0, 0.05) is 0 Å². The van der Waals surface area contributed by atoms with Gasteiger partial charge in [-0.15, -0.1) is 0 Å². The molecule has 90 valence electrons. The number of ether oxygens (including phenoxy) is 1. The molecule has 0 amide bonds. The number of esters is 1. The highest BCUT2D eigenvalue weighted by Gasteiger charge is 2.44. The van der Waals surface area contributed by atoms with Gasteiger partial charge in [0.2, 0.25) is 0 Å². The summed E-state index contributed by atoms with van der Waals surface area (Å²) in [5, 5.41) is 0. The third kappa shape index (κ3) is 5.36. The molecule has 0 aliphatic heterocycles. The zero-order valence-electron chi connectivity index (χ0n) is 8.18. The first-order chi connectivity index (χ1) is 6.80. The van der Waals surface area contributed by atoms with Crippen LogP contribution in [0.1, 0.15) is 19.8 Å². The topological polar surface area (TPSA) is 52.3 Å². The van der Waals surface area contributed by atoms with Gasteiger partial charge in [-0.2, -0.15) is 13.2 Å². The van der Waals surface area contributed by atoms with E-state index in [-0.39, 0.29) is 6.61 Å². The van der Waals surface area contributed by atoms with E-state index in [1.165, 1.54) is 0 Å². The third-order valence-electron chi connectivity index (χ3n) is 1.66. The normalized spacial score (nSPS) is 15.9. The van der Waals surface area contributed by atoms with Crippen LogP contribution in [0, 0.1) is 0 Å². The lowest BCUT2D eigenvalue weighted by Crippen LogP contribution is -2.48. The van der Waals surface area contributed by atoms with E-state index in [2.05, 4.69) is 20.7 Å². The maximum Gasteiger partial charge on any atom is 0.405 e. The van der Waals surface area contributed by atoms with E-state index in [1.807, 2.05) is 6.92 Å². The van der Waals surface area contributed by atoms with E-state index in [1.54, 1.807) is 0 Å². The quantitative estimate of drug-likeness (QED) is 0.479. The Morgan fingerprint density at radius 3 is 2.47 bits per heavy atom. The Kier molecular flexibility index (Phi) is 6.19. The van der Waals surface area contributed by atoms with Crippen LogP contribution in [-0.4, -0.2) is 29.6 Å². The molecule has 0 heterocycles. The van der Waals surface area contributed by atoms with Crippen molar-refractivity contribution < 1.29 is 22.7 Å². The molecule has 0 rings (SSSR count). The molecule has 15 heavy (non-hydrogen) atoms. The maximum absolute atomic E-state index is 12.1. The smallest absolute Gasteiger partial charge is 0.405 e. The summed E-state index contributed by atoms with van der Waals surface area (Å²) < 4.78 is 40.9. The predicted octanol–water partition coefficient (Wildman–Crippen LogP) is 1.98. The van der Waals surface area contributed by atoms with Gasteiger partial charge in [0.05, 0.1) is 6.61 Å². The molecule has 0 aromatic heterocycles. The second-order valence-corrected chi connectivity index (χ2v) is 3.98. The summed E-state index contributed by atoms with van der Waals surface area (Å²) in [5.41, 5.74) is 4.83. The van der Waals surface area contributed by atoms with Crippen LogP contribution in [0.4, 0.5) is 13.2 Å². The molecule has 2 atom stereocenters. The van der Waals surface area contributed by atoms with Crippen LogP contribution < -0.4 is 5.73 Å². The Morgan fingerprint density at radius 1 is 1.53 bits per heavy atom. The minimum Gasteiger partial charge on any atom is -0.465 e. The Labute approximate surface area is 94.3 Å². The largest absolute Gasteiger partial charge is 0.465 e. The summed E-state index contributed by atoms with van der Waals surface area (Å²) in [7, 11) is 0. The molecule has 0 radical (unpaired) electrons. The molecule has 2 N–H and O–H groups in total. The molecule has 0 aliphatic rings. The van der Waals surface area contributed by atoms with Crippen molar-refractivity contribution in [1.29, 1.82) is 0 Å². The third-order valence-corrected chi connectivity index (χ3v) is 2.60. The van der Waals surface area contributed by atoms with Gasteiger partial charge >= 0.3 is 12.1 Å². The lowest BCUT2D eigenvalue weighted by molar-refractivity contribution is -0.162. The van der Waals surface area contributed by atoms with Gasteiger partial charge in [0.15, 0.2) is 0 Å². The summed E-state index contributed by atoms with van der Waals surface area (Å²) in [6.45, 7) is 1.99. The number of carbonyl (C=O) groups is 1. The Bertz CT molecular complexity index is 211. The van der Waals surface area contributed by atoms with Gasteiger partial charge in [-0.3, -0.25) is 4.79 Å². The van der Waals surface area contributed by atoms with E-state index >= 15 is 0 Å². The van der Waals surface area contributed by atoms with Crippen molar-refractivity contribution in [1.82, 2.24) is 0 Å². The number of nitrogens with two attached hydrogens (primary N) is 1. The van der Waals surface area contributed by atoms with Gasteiger partial charge in [0.1, 0.15) is 10.9 Å². The molecular formula is C8H13BrF3NO2. The minimum absolute atomic E-state index is 0.113. The first kappa shape index (κ1) is 14.7. The molecule has 0 saturated heterocycles. The van der Waals surface area contributed by atoms with Gasteiger partial charge < -0.3 is 10.5 Å². The van der Waals surface area contributed by atoms with Crippen LogP contribution in [0.15, 0.2) is 0 Å². The second-order valence-electron chi connectivity index (χ2n) is 2.99. The molecule has 0 saturated carbocycles. The van der Waals surface area contributed by atoms with Crippen molar-refractivity contribution in [3.05, 3.63) is 0 Å². The standard InChI is InChI=1S/C8H13BrF3NO2/c1-2-3-4-15-7(14)5(9)6(13)8(10,11)12/h5-6H,2-4,13H2,1H3/t5-,6+/m1/s1. The van der Waals surface area contributed by atoms with E-state index in [0.717, 1.165) is 6.42 Å². The SMILES string of the molecule is CCCCOC(=O)[C@H](Br)[C@H](N)C(F)(F)F. The van der Waals surface area contributed by atoms with Crippen molar-refractivity contribution >= 4 is 21.9 Å². The maximum atomic E-state index is 12.1. The van der Waals surface area contributed by atoms with Gasteiger partial charge in [-0.1, -0.05) is 29.3 Å².